The van der Waals surface area contributed by atoms with E-state index in [-0.39, 0.29) is 18.3 Å². The molecule has 0 radical (unpaired) electrons. The number of piperidine rings is 1. The molecule has 0 bridgehead atoms. The SMILES string of the molecule is CC1CCCN(S(=O)(=O)N(C)CC(C)C(=N)N)C1. The lowest BCUT2D eigenvalue weighted by molar-refractivity contribution is 0.262. The Bertz CT molecular complexity index is 396. The van der Waals surface area contributed by atoms with Gasteiger partial charge in [-0.15, -0.1) is 0 Å². The molecule has 1 aliphatic heterocycles. The van der Waals surface area contributed by atoms with Gasteiger partial charge in [0.05, 0.1) is 5.84 Å². The summed E-state index contributed by atoms with van der Waals surface area (Å²) in [6.45, 7) is 5.25. The van der Waals surface area contributed by atoms with Crippen LogP contribution in [-0.4, -0.2) is 49.5 Å². The van der Waals surface area contributed by atoms with Crippen LogP contribution < -0.4 is 5.73 Å². The van der Waals surface area contributed by atoms with Crippen molar-refractivity contribution in [3.8, 4) is 0 Å². The van der Waals surface area contributed by atoms with Crippen LogP contribution in [0.1, 0.15) is 26.7 Å². The smallest absolute Gasteiger partial charge is 0.281 e. The van der Waals surface area contributed by atoms with E-state index >= 15 is 0 Å². The Morgan fingerprint density at radius 1 is 1.61 bits per heavy atom. The molecule has 106 valence electrons. The zero-order chi connectivity index (χ0) is 13.9. The second-order valence-corrected chi connectivity index (χ2v) is 7.29. The Labute approximate surface area is 110 Å². The predicted molar refractivity (Wildman–Crippen MR) is 72.6 cm³/mol. The lowest BCUT2D eigenvalue weighted by atomic mass is 10.0. The molecule has 0 aromatic rings. The Morgan fingerprint density at radius 3 is 2.72 bits per heavy atom. The fourth-order valence-corrected chi connectivity index (χ4v) is 3.74. The monoisotopic (exact) mass is 276 g/mol. The van der Waals surface area contributed by atoms with Crippen LogP contribution >= 0.6 is 0 Å². The zero-order valence-electron chi connectivity index (χ0n) is 11.4. The number of hydrogen-bond acceptors (Lipinski definition) is 3. The summed E-state index contributed by atoms with van der Waals surface area (Å²) in [4.78, 5) is 0. The Balaban J connectivity index is 2.70. The minimum Gasteiger partial charge on any atom is -0.387 e. The Hall–Kier alpha value is -0.660. The van der Waals surface area contributed by atoms with Gasteiger partial charge in [-0.1, -0.05) is 13.8 Å². The summed E-state index contributed by atoms with van der Waals surface area (Å²) in [5.74, 6) is 0.170. The van der Waals surface area contributed by atoms with Crippen LogP contribution in [0.2, 0.25) is 0 Å². The predicted octanol–water partition coefficient (Wildman–Crippen LogP) is 0.467. The summed E-state index contributed by atoms with van der Waals surface area (Å²) in [7, 11) is -1.86. The van der Waals surface area contributed by atoms with E-state index in [0.717, 1.165) is 12.8 Å². The van der Waals surface area contributed by atoms with Crippen LogP contribution in [0.3, 0.4) is 0 Å². The summed E-state index contributed by atoms with van der Waals surface area (Å²) in [5.41, 5.74) is 5.38. The first-order valence-electron chi connectivity index (χ1n) is 6.30. The van der Waals surface area contributed by atoms with Crippen molar-refractivity contribution in [2.45, 2.75) is 26.7 Å². The van der Waals surface area contributed by atoms with E-state index < -0.39 is 10.2 Å². The van der Waals surface area contributed by atoms with Crippen molar-refractivity contribution in [2.24, 2.45) is 17.6 Å². The van der Waals surface area contributed by atoms with Gasteiger partial charge >= 0.3 is 0 Å². The van der Waals surface area contributed by atoms with E-state index in [1.54, 1.807) is 14.0 Å². The van der Waals surface area contributed by atoms with E-state index in [2.05, 4.69) is 6.92 Å². The number of nitrogens with one attached hydrogen (secondary N) is 1. The molecule has 18 heavy (non-hydrogen) atoms. The van der Waals surface area contributed by atoms with Crippen molar-refractivity contribution in [2.75, 3.05) is 26.7 Å². The van der Waals surface area contributed by atoms with Gasteiger partial charge < -0.3 is 5.73 Å². The van der Waals surface area contributed by atoms with Gasteiger partial charge in [-0.3, -0.25) is 5.41 Å². The Kier molecular flexibility index (Phi) is 5.12. The zero-order valence-corrected chi connectivity index (χ0v) is 12.2. The topological polar surface area (TPSA) is 90.5 Å². The maximum atomic E-state index is 12.3. The minimum absolute atomic E-state index is 0.0177. The highest BCUT2D eigenvalue weighted by Crippen LogP contribution is 2.20. The first-order valence-corrected chi connectivity index (χ1v) is 7.70. The van der Waals surface area contributed by atoms with E-state index in [1.165, 1.54) is 8.61 Å². The number of hydrogen-bond donors (Lipinski definition) is 2. The summed E-state index contributed by atoms with van der Waals surface area (Å²) < 4.78 is 27.5. The van der Waals surface area contributed by atoms with Gasteiger partial charge in [0.1, 0.15) is 0 Å². The lowest BCUT2D eigenvalue weighted by Crippen LogP contribution is -2.48. The number of nitrogens with zero attached hydrogens (tertiary/aromatic N) is 2. The van der Waals surface area contributed by atoms with Crippen LogP contribution in [0, 0.1) is 17.2 Å². The minimum atomic E-state index is -3.41. The summed E-state index contributed by atoms with van der Waals surface area (Å²) >= 11 is 0. The summed E-state index contributed by atoms with van der Waals surface area (Å²) in [5, 5.41) is 7.32. The molecule has 1 aliphatic rings. The lowest BCUT2D eigenvalue weighted by Gasteiger charge is -2.33. The highest BCUT2D eigenvalue weighted by molar-refractivity contribution is 7.86. The molecular weight excluding hydrogens is 252 g/mol. The van der Waals surface area contributed by atoms with Gasteiger partial charge in [-0.25, -0.2) is 0 Å². The highest BCUT2D eigenvalue weighted by Gasteiger charge is 2.31. The molecule has 2 atom stereocenters. The second-order valence-electron chi connectivity index (χ2n) is 5.25. The normalized spacial score (nSPS) is 24.1. The van der Waals surface area contributed by atoms with Crippen molar-refractivity contribution in [3.63, 3.8) is 0 Å². The van der Waals surface area contributed by atoms with Crippen LogP contribution in [0.25, 0.3) is 0 Å². The molecule has 1 fully saturated rings. The summed E-state index contributed by atoms with van der Waals surface area (Å²) in [6, 6.07) is 0. The van der Waals surface area contributed by atoms with Crippen LogP contribution in [-0.2, 0) is 10.2 Å². The van der Waals surface area contributed by atoms with Crippen molar-refractivity contribution < 1.29 is 8.42 Å². The van der Waals surface area contributed by atoms with Crippen LogP contribution in [0.15, 0.2) is 0 Å². The molecule has 0 aromatic heterocycles. The standard InChI is InChI=1S/C11H24N4O2S/c1-9-5-4-6-15(7-9)18(16,17)14(3)8-10(2)11(12)13/h9-10H,4-8H2,1-3H3,(H3,12,13). The molecular formula is C11H24N4O2S. The fraction of sp³-hybridized carbons (Fsp3) is 0.909. The molecule has 2 unspecified atom stereocenters. The highest BCUT2D eigenvalue weighted by atomic mass is 32.2. The first kappa shape index (κ1) is 15.4. The van der Waals surface area contributed by atoms with Crippen molar-refractivity contribution in [1.82, 2.24) is 8.61 Å². The second kappa shape index (κ2) is 5.99. The number of rotatable bonds is 5. The molecule has 0 spiro atoms. The molecule has 6 nitrogen and oxygen atoms in total. The largest absolute Gasteiger partial charge is 0.387 e. The third-order valence-electron chi connectivity index (χ3n) is 3.40. The molecule has 0 amide bonds. The van der Waals surface area contributed by atoms with Crippen LogP contribution in [0.5, 0.6) is 0 Å². The van der Waals surface area contributed by atoms with E-state index in [4.69, 9.17) is 11.1 Å². The molecule has 1 saturated heterocycles. The number of amidine groups is 1. The average Bonchev–Trinajstić information content (AvgIpc) is 2.28. The molecule has 0 aromatic carbocycles. The quantitative estimate of drug-likeness (QED) is 0.565. The molecule has 3 N–H and O–H groups in total. The van der Waals surface area contributed by atoms with Gasteiger partial charge in [0.15, 0.2) is 0 Å². The molecule has 7 heteroatoms. The van der Waals surface area contributed by atoms with Crippen LogP contribution in [0.4, 0.5) is 0 Å². The number of nitrogens with two attached hydrogens (primary N) is 1. The van der Waals surface area contributed by atoms with Gasteiger partial charge in [-0.05, 0) is 18.8 Å². The maximum absolute atomic E-state index is 12.3. The van der Waals surface area contributed by atoms with E-state index in [1.807, 2.05) is 0 Å². The molecule has 1 rings (SSSR count). The molecule has 0 saturated carbocycles. The van der Waals surface area contributed by atoms with E-state index in [0.29, 0.717) is 19.0 Å². The van der Waals surface area contributed by atoms with Crippen molar-refractivity contribution >= 4 is 16.0 Å². The average molecular weight is 276 g/mol. The van der Waals surface area contributed by atoms with E-state index in [9.17, 15) is 8.42 Å². The fourth-order valence-electron chi connectivity index (χ4n) is 2.13. The van der Waals surface area contributed by atoms with Gasteiger partial charge in [0, 0.05) is 32.6 Å². The third-order valence-corrected chi connectivity index (χ3v) is 5.32. The van der Waals surface area contributed by atoms with Gasteiger partial charge in [0.25, 0.3) is 10.2 Å². The van der Waals surface area contributed by atoms with Crippen molar-refractivity contribution in [1.29, 1.82) is 5.41 Å². The summed E-state index contributed by atoms with van der Waals surface area (Å²) in [6.07, 6.45) is 2.00. The van der Waals surface area contributed by atoms with Crippen molar-refractivity contribution in [3.05, 3.63) is 0 Å². The molecule has 1 heterocycles. The van der Waals surface area contributed by atoms with Gasteiger partial charge in [0.2, 0.25) is 0 Å². The Morgan fingerprint density at radius 2 is 2.22 bits per heavy atom. The maximum Gasteiger partial charge on any atom is 0.281 e. The van der Waals surface area contributed by atoms with Gasteiger partial charge in [-0.2, -0.15) is 17.0 Å². The molecule has 0 aliphatic carbocycles. The first-order chi connectivity index (χ1) is 8.25. The third kappa shape index (κ3) is 3.66.